The van der Waals surface area contributed by atoms with Crippen molar-refractivity contribution < 1.29 is 4.74 Å². The molecular weight excluding hydrogens is 110 g/mol. The summed E-state index contributed by atoms with van der Waals surface area (Å²) in [7, 11) is 0. The molecule has 0 bridgehead atoms. The number of rotatable bonds is 0. The van der Waals surface area contributed by atoms with E-state index >= 15 is 0 Å². The van der Waals surface area contributed by atoms with Gasteiger partial charge in [-0.15, -0.1) is 12.6 Å². The van der Waals surface area contributed by atoms with Crippen molar-refractivity contribution in [1.82, 2.24) is 5.32 Å². The summed E-state index contributed by atoms with van der Waals surface area (Å²) < 4.78 is 5.02. The molecule has 0 radical (unpaired) electrons. The lowest BCUT2D eigenvalue weighted by atomic mass is 10.4. The highest BCUT2D eigenvalue weighted by atomic mass is 32.1. The number of nitrogens with one attached hydrogen (secondary N) is 1. The Balaban J connectivity index is 2.26. The molecule has 0 aliphatic carbocycles. The molecule has 0 aromatic rings. The van der Waals surface area contributed by atoms with Crippen molar-refractivity contribution in [1.29, 1.82) is 0 Å². The maximum Gasteiger partial charge on any atom is 0.153 e. The van der Waals surface area contributed by atoms with Crippen LogP contribution >= 0.6 is 12.6 Å². The first-order valence-electron chi connectivity index (χ1n) is 2.35. The van der Waals surface area contributed by atoms with Crippen LogP contribution in [-0.4, -0.2) is 18.2 Å². The van der Waals surface area contributed by atoms with E-state index in [4.69, 9.17) is 4.74 Å². The van der Waals surface area contributed by atoms with Crippen molar-refractivity contribution in [3.05, 3.63) is 0 Å². The number of ether oxygens (including phenoxy) is 1. The molecule has 42 valence electrons. The van der Waals surface area contributed by atoms with E-state index in [2.05, 4.69) is 24.9 Å². The van der Waals surface area contributed by atoms with E-state index < -0.39 is 0 Å². The zero-order valence-electron chi connectivity index (χ0n) is 4.22. The fraction of sp³-hybridized carbons (Fsp3) is 1.00. The van der Waals surface area contributed by atoms with Crippen LogP contribution in [0.15, 0.2) is 0 Å². The van der Waals surface area contributed by atoms with E-state index in [9.17, 15) is 0 Å². The molecule has 0 aromatic heterocycles. The summed E-state index contributed by atoms with van der Waals surface area (Å²) in [5.41, 5.74) is -0.0324. The van der Waals surface area contributed by atoms with Gasteiger partial charge in [0.05, 0.1) is 6.61 Å². The second-order valence-electron chi connectivity index (χ2n) is 1.75. The lowest BCUT2D eigenvalue weighted by Crippen LogP contribution is -2.23. The van der Waals surface area contributed by atoms with Gasteiger partial charge in [-0.1, -0.05) is 0 Å². The molecular formula is C4H9NOS. The maximum absolute atomic E-state index is 5.02. The average molecular weight is 119 g/mol. The molecule has 0 amide bonds. The molecule has 1 aliphatic heterocycles. The first-order chi connectivity index (χ1) is 3.29. The third-order valence-corrected chi connectivity index (χ3v) is 1.23. The molecule has 1 saturated heterocycles. The maximum atomic E-state index is 5.02. The standard InChI is InChI=1S/C4H9NOS/c1-3-2-6-4(7)5-3/h3-5,7H,2H2,1H3. The fourth-order valence-corrected chi connectivity index (χ4v) is 0.916. The van der Waals surface area contributed by atoms with Crippen LogP contribution in [0.4, 0.5) is 0 Å². The molecule has 2 unspecified atom stereocenters. The van der Waals surface area contributed by atoms with Crippen LogP contribution in [0.25, 0.3) is 0 Å². The Hall–Kier alpha value is 0.270. The normalized spacial score (nSPS) is 42.0. The highest BCUT2D eigenvalue weighted by Gasteiger charge is 2.15. The Morgan fingerprint density at radius 2 is 2.57 bits per heavy atom. The van der Waals surface area contributed by atoms with Crippen LogP contribution in [0.5, 0.6) is 0 Å². The Kier molecular flexibility index (Phi) is 1.57. The van der Waals surface area contributed by atoms with Crippen LogP contribution in [0.1, 0.15) is 6.92 Å². The number of hydrogen-bond acceptors (Lipinski definition) is 3. The monoisotopic (exact) mass is 119 g/mol. The quantitative estimate of drug-likeness (QED) is 0.445. The van der Waals surface area contributed by atoms with Gasteiger partial charge in [0.15, 0.2) is 5.56 Å². The van der Waals surface area contributed by atoms with Crippen LogP contribution in [0.3, 0.4) is 0 Å². The molecule has 3 heteroatoms. The molecule has 0 aromatic carbocycles. The van der Waals surface area contributed by atoms with Gasteiger partial charge < -0.3 is 4.74 Å². The molecule has 2 nitrogen and oxygen atoms in total. The first kappa shape index (κ1) is 5.41. The van der Waals surface area contributed by atoms with Crippen molar-refractivity contribution >= 4 is 12.6 Å². The van der Waals surface area contributed by atoms with Crippen LogP contribution in [-0.2, 0) is 4.74 Å². The van der Waals surface area contributed by atoms with E-state index in [1.165, 1.54) is 0 Å². The molecule has 2 atom stereocenters. The van der Waals surface area contributed by atoms with E-state index in [1.807, 2.05) is 0 Å². The summed E-state index contributed by atoms with van der Waals surface area (Å²) in [5, 5.41) is 3.06. The van der Waals surface area contributed by atoms with Crippen LogP contribution < -0.4 is 5.32 Å². The predicted octanol–water partition coefficient (Wildman–Crippen LogP) is 0.208. The Labute approximate surface area is 48.6 Å². The summed E-state index contributed by atoms with van der Waals surface area (Å²) in [4.78, 5) is 0. The second kappa shape index (κ2) is 2.03. The Bertz CT molecular complexity index is 60.7. The van der Waals surface area contributed by atoms with Gasteiger partial charge in [-0.25, -0.2) is 0 Å². The highest BCUT2D eigenvalue weighted by Crippen LogP contribution is 2.03. The molecule has 1 aliphatic rings. The van der Waals surface area contributed by atoms with Gasteiger partial charge in [0.1, 0.15) is 0 Å². The van der Waals surface area contributed by atoms with Crippen molar-refractivity contribution in [3.63, 3.8) is 0 Å². The molecule has 1 heterocycles. The molecule has 7 heavy (non-hydrogen) atoms. The third kappa shape index (κ3) is 1.33. The summed E-state index contributed by atoms with van der Waals surface area (Å²) in [5.74, 6) is 0. The highest BCUT2D eigenvalue weighted by molar-refractivity contribution is 7.80. The largest absolute Gasteiger partial charge is 0.353 e. The summed E-state index contributed by atoms with van der Waals surface area (Å²) >= 11 is 4.02. The lowest BCUT2D eigenvalue weighted by molar-refractivity contribution is 0.167. The smallest absolute Gasteiger partial charge is 0.153 e. The van der Waals surface area contributed by atoms with Crippen molar-refractivity contribution in [2.75, 3.05) is 6.61 Å². The molecule has 0 spiro atoms. The van der Waals surface area contributed by atoms with Gasteiger partial charge in [-0.3, -0.25) is 5.32 Å². The van der Waals surface area contributed by atoms with E-state index in [0.29, 0.717) is 6.04 Å². The molecule has 0 saturated carbocycles. The number of thiol groups is 1. The topological polar surface area (TPSA) is 21.3 Å². The molecule has 1 rings (SSSR count). The van der Waals surface area contributed by atoms with Crippen molar-refractivity contribution in [2.45, 2.75) is 18.5 Å². The van der Waals surface area contributed by atoms with Crippen molar-refractivity contribution in [2.24, 2.45) is 0 Å². The first-order valence-corrected chi connectivity index (χ1v) is 2.86. The third-order valence-electron chi connectivity index (χ3n) is 0.931. The summed E-state index contributed by atoms with van der Waals surface area (Å²) in [6.07, 6.45) is 0. The SMILES string of the molecule is CC1COC(S)N1. The zero-order valence-corrected chi connectivity index (χ0v) is 5.11. The van der Waals surface area contributed by atoms with Crippen LogP contribution in [0, 0.1) is 0 Å². The fourth-order valence-electron chi connectivity index (χ4n) is 0.575. The second-order valence-corrected chi connectivity index (χ2v) is 2.22. The Morgan fingerprint density at radius 3 is 2.71 bits per heavy atom. The Morgan fingerprint density at radius 1 is 1.86 bits per heavy atom. The van der Waals surface area contributed by atoms with Crippen LogP contribution in [0.2, 0.25) is 0 Å². The minimum Gasteiger partial charge on any atom is -0.353 e. The van der Waals surface area contributed by atoms with Gasteiger partial charge in [-0.05, 0) is 6.92 Å². The van der Waals surface area contributed by atoms with Crippen molar-refractivity contribution in [3.8, 4) is 0 Å². The minimum absolute atomic E-state index is 0.0324. The van der Waals surface area contributed by atoms with Gasteiger partial charge in [-0.2, -0.15) is 0 Å². The average Bonchev–Trinajstić information content (AvgIpc) is 1.87. The number of hydrogen-bond donors (Lipinski definition) is 2. The zero-order chi connectivity index (χ0) is 5.28. The van der Waals surface area contributed by atoms with Gasteiger partial charge in [0.2, 0.25) is 0 Å². The van der Waals surface area contributed by atoms with Gasteiger partial charge in [0.25, 0.3) is 0 Å². The molecule has 1 fully saturated rings. The van der Waals surface area contributed by atoms with E-state index in [1.54, 1.807) is 0 Å². The van der Waals surface area contributed by atoms with E-state index in [-0.39, 0.29) is 5.56 Å². The lowest BCUT2D eigenvalue weighted by Gasteiger charge is -1.98. The van der Waals surface area contributed by atoms with Gasteiger partial charge >= 0.3 is 0 Å². The summed E-state index contributed by atoms with van der Waals surface area (Å²) in [6.45, 7) is 2.85. The predicted molar refractivity (Wildman–Crippen MR) is 31.3 cm³/mol. The van der Waals surface area contributed by atoms with Gasteiger partial charge in [0, 0.05) is 6.04 Å². The molecule has 1 N–H and O–H groups in total. The summed E-state index contributed by atoms with van der Waals surface area (Å²) in [6, 6.07) is 0.475. The minimum atomic E-state index is -0.0324. The van der Waals surface area contributed by atoms with E-state index in [0.717, 1.165) is 6.61 Å².